The van der Waals surface area contributed by atoms with Gasteiger partial charge in [0.1, 0.15) is 0 Å². The Balaban J connectivity index is 4.07. The third-order valence-electron chi connectivity index (χ3n) is 9.96. The zero-order chi connectivity index (χ0) is 36.8. The molecule has 300 valence electrons. The first-order valence-corrected chi connectivity index (χ1v) is 23.1. The SMILES string of the molecule is CCCCCCCCCCCCCCCCCCCCCCC(O)C(COP(=O)(O)OCCN)NC(=O)CCCCCCCCCCCCC. The maximum atomic E-state index is 12.7. The van der Waals surface area contributed by atoms with E-state index in [9.17, 15) is 19.4 Å². The van der Waals surface area contributed by atoms with Crippen LogP contribution in [0.3, 0.4) is 0 Å². The van der Waals surface area contributed by atoms with E-state index in [1.807, 2.05) is 0 Å². The maximum Gasteiger partial charge on any atom is 0.472 e. The molecule has 0 spiro atoms. The smallest absolute Gasteiger partial charge is 0.391 e. The molecule has 3 unspecified atom stereocenters. The molecule has 0 saturated carbocycles. The summed E-state index contributed by atoms with van der Waals surface area (Å²) < 4.78 is 22.1. The quantitative estimate of drug-likeness (QED) is 0.0363. The minimum absolute atomic E-state index is 0.0924. The van der Waals surface area contributed by atoms with Crippen molar-refractivity contribution in [2.45, 2.75) is 238 Å². The van der Waals surface area contributed by atoms with Crippen LogP contribution in [0.5, 0.6) is 0 Å². The molecule has 0 bridgehead atoms. The monoisotopic (exact) mass is 733 g/mol. The van der Waals surface area contributed by atoms with Gasteiger partial charge < -0.3 is 21.1 Å². The molecule has 9 heteroatoms. The number of hydrogen-bond acceptors (Lipinski definition) is 6. The van der Waals surface area contributed by atoms with Crippen molar-refractivity contribution in [3.05, 3.63) is 0 Å². The van der Waals surface area contributed by atoms with Crippen molar-refractivity contribution >= 4 is 13.7 Å². The van der Waals surface area contributed by atoms with Gasteiger partial charge in [-0.15, -0.1) is 0 Å². The fourth-order valence-corrected chi connectivity index (χ4v) is 7.43. The van der Waals surface area contributed by atoms with E-state index in [2.05, 4.69) is 19.2 Å². The lowest BCUT2D eigenvalue weighted by Crippen LogP contribution is -2.46. The largest absolute Gasteiger partial charge is 0.472 e. The molecule has 0 aromatic carbocycles. The topological polar surface area (TPSA) is 131 Å². The molecule has 3 atom stereocenters. The number of phosphoric acid groups is 1. The summed E-state index contributed by atoms with van der Waals surface area (Å²) in [5.41, 5.74) is 5.37. The molecule has 0 aliphatic heterocycles. The van der Waals surface area contributed by atoms with Crippen LogP contribution in [-0.2, 0) is 18.4 Å². The summed E-state index contributed by atoms with van der Waals surface area (Å²) in [6.07, 6.45) is 39.7. The molecule has 0 aromatic rings. The van der Waals surface area contributed by atoms with Gasteiger partial charge in [-0.05, 0) is 12.8 Å². The lowest BCUT2D eigenvalue weighted by atomic mass is 10.0. The fraction of sp³-hybridized carbons (Fsp3) is 0.976. The summed E-state index contributed by atoms with van der Waals surface area (Å²) >= 11 is 0. The molecular weight excluding hydrogens is 647 g/mol. The number of rotatable bonds is 41. The number of unbranched alkanes of at least 4 members (excludes halogenated alkanes) is 29. The highest BCUT2D eigenvalue weighted by atomic mass is 31.2. The molecule has 0 heterocycles. The van der Waals surface area contributed by atoms with Crippen molar-refractivity contribution in [3.8, 4) is 0 Å². The highest BCUT2D eigenvalue weighted by Crippen LogP contribution is 2.43. The standard InChI is InChI=1S/C41H85N2O6P/c1-3-5-7-9-11-13-15-16-17-18-19-20-21-22-23-25-26-28-30-32-34-40(44)39(38-49-50(46,47)48-37-36-42)43-41(45)35-33-31-29-27-24-14-12-10-8-6-4-2/h39-40,44H,3-38,42H2,1-2H3,(H,43,45)(H,46,47). The minimum atomic E-state index is -4.30. The first kappa shape index (κ1) is 49.5. The lowest BCUT2D eigenvalue weighted by molar-refractivity contribution is -0.123. The number of phosphoric ester groups is 1. The number of amides is 1. The molecule has 0 rings (SSSR count). The highest BCUT2D eigenvalue weighted by Gasteiger charge is 2.27. The maximum absolute atomic E-state index is 12.7. The summed E-state index contributed by atoms with van der Waals surface area (Å²) in [4.78, 5) is 22.7. The second kappa shape index (κ2) is 38.2. The number of carbonyl (C=O) groups is 1. The Morgan fingerprint density at radius 1 is 0.580 bits per heavy atom. The van der Waals surface area contributed by atoms with E-state index in [-0.39, 0.29) is 25.7 Å². The molecule has 0 fully saturated rings. The van der Waals surface area contributed by atoms with Gasteiger partial charge in [-0.3, -0.25) is 13.8 Å². The van der Waals surface area contributed by atoms with Gasteiger partial charge in [-0.1, -0.05) is 206 Å². The van der Waals surface area contributed by atoms with E-state index >= 15 is 0 Å². The van der Waals surface area contributed by atoms with Gasteiger partial charge in [0.25, 0.3) is 0 Å². The number of carbonyl (C=O) groups excluding carboxylic acids is 1. The Labute approximate surface area is 310 Å². The first-order valence-electron chi connectivity index (χ1n) is 21.7. The predicted octanol–water partition coefficient (Wildman–Crippen LogP) is 11.8. The van der Waals surface area contributed by atoms with Gasteiger partial charge in [0.05, 0.1) is 25.4 Å². The van der Waals surface area contributed by atoms with Gasteiger partial charge >= 0.3 is 7.82 Å². The third kappa shape index (κ3) is 35.9. The second-order valence-electron chi connectivity index (χ2n) is 14.9. The van der Waals surface area contributed by atoms with Gasteiger partial charge in [-0.2, -0.15) is 0 Å². The Bertz CT molecular complexity index is 759. The van der Waals surface area contributed by atoms with E-state index < -0.39 is 20.0 Å². The van der Waals surface area contributed by atoms with E-state index in [4.69, 9.17) is 14.8 Å². The van der Waals surface area contributed by atoms with Gasteiger partial charge in [0.15, 0.2) is 0 Å². The van der Waals surface area contributed by atoms with Crippen LogP contribution >= 0.6 is 7.82 Å². The number of aliphatic hydroxyl groups excluding tert-OH is 1. The zero-order valence-electron chi connectivity index (χ0n) is 33.2. The van der Waals surface area contributed by atoms with Crippen LogP contribution in [0, 0.1) is 0 Å². The van der Waals surface area contributed by atoms with Crippen LogP contribution in [0.15, 0.2) is 0 Å². The van der Waals surface area contributed by atoms with Crippen LogP contribution in [0.25, 0.3) is 0 Å². The Morgan fingerprint density at radius 3 is 1.28 bits per heavy atom. The van der Waals surface area contributed by atoms with E-state index in [0.29, 0.717) is 12.8 Å². The van der Waals surface area contributed by atoms with Crippen LogP contribution in [0.1, 0.15) is 226 Å². The first-order chi connectivity index (χ1) is 24.4. The van der Waals surface area contributed by atoms with E-state index in [0.717, 1.165) is 38.5 Å². The molecule has 50 heavy (non-hydrogen) atoms. The van der Waals surface area contributed by atoms with E-state index in [1.165, 1.54) is 161 Å². The van der Waals surface area contributed by atoms with Crippen LogP contribution < -0.4 is 11.1 Å². The van der Waals surface area contributed by atoms with Gasteiger partial charge in [0.2, 0.25) is 5.91 Å². The molecule has 5 N–H and O–H groups in total. The van der Waals surface area contributed by atoms with Crippen molar-refractivity contribution < 1.29 is 28.4 Å². The normalized spacial score (nSPS) is 14.1. The Hall–Kier alpha value is -0.500. The zero-order valence-corrected chi connectivity index (χ0v) is 34.1. The molecule has 1 amide bonds. The van der Waals surface area contributed by atoms with Gasteiger partial charge in [0, 0.05) is 13.0 Å². The Morgan fingerprint density at radius 2 is 0.920 bits per heavy atom. The highest BCUT2D eigenvalue weighted by molar-refractivity contribution is 7.47. The lowest BCUT2D eigenvalue weighted by Gasteiger charge is -2.25. The third-order valence-corrected chi connectivity index (χ3v) is 10.9. The van der Waals surface area contributed by atoms with Gasteiger partial charge in [-0.25, -0.2) is 4.57 Å². The number of nitrogens with one attached hydrogen (secondary N) is 1. The van der Waals surface area contributed by atoms with Crippen molar-refractivity contribution in [2.75, 3.05) is 19.8 Å². The second-order valence-corrected chi connectivity index (χ2v) is 16.4. The van der Waals surface area contributed by atoms with Crippen molar-refractivity contribution in [1.82, 2.24) is 5.32 Å². The summed E-state index contributed by atoms with van der Waals surface area (Å²) in [7, 11) is -4.30. The molecule has 0 aromatic heterocycles. The minimum Gasteiger partial charge on any atom is -0.391 e. The molecule has 8 nitrogen and oxygen atoms in total. The number of hydrogen-bond donors (Lipinski definition) is 4. The fourth-order valence-electron chi connectivity index (χ4n) is 6.67. The Kier molecular flexibility index (Phi) is 37.8. The predicted molar refractivity (Wildman–Crippen MR) is 212 cm³/mol. The van der Waals surface area contributed by atoms with Crippen LogP contribution in [0.4, 0.5) is 0 Å². The molecule has 0 saturated heterocycles. The molecule has 0 aliphatic rings. The van der Waals surface area contributed by atoms with Crippen LogP contribution in [-0.4, -0.2) is 47.8 Å². The average molecular weight is 733 g/mol. The average Bonchev–Trinajstić information content (AvgIpc) is 3.10. The van der Waals surface area contributed by atoms with E-state index in [1.54, 1.807) is 0 Å². The summed E-state index contributed by atoms with van der Waals surface area (Å²) in [5.74, 6) is -0.160. The molecule has 0 aliphatic carbocycles. The van der Waals surface area contributed by atoms with Crippen molar-refractivity contribution in [2.24, 2.45) is 5.73 Å². The summed E-state index contributed by atoms with van der Waals surface area (Å²) in [6.45, 7) is 4.22. The molecular formula is C41H85N2O6P. The number of aliphatic hydroxyl groups is 1. The summed E-state index contributed by atoms with van der Waals surface area (Å²) in [6, 6.07) is -0.766. The summed E-state index contributed by atoms with van der Waals surface area (Å²) in [5, 5.41) is 13.8. The molecule has 0 radical (unpaired) electrons. The number of nitrogens with two attached hydrogens (primary N) is 1. The van der Waals surface area contributed by atoms with Crippen molar-refractivity contribution in [3.63, 3.8) is 0 Å². The van der Waals surface area contributed by atoms with Crippen molar-refractivity contribution in [1.29, 1.82) is 0 Å². The van der Waals surface area contributed by atoms with Crippen LogP contribution in [0.2, 0.25) is 0 Å².